The maximum Gasteiger partial charge on any atom is 0.144 e. The van der Waals surface area contributed by atoms with Crippen LogP contribution in [0.15, 0.2) is 0 Å². The van der Waals surface area contributed by atoms with Crippen LogP contribution in [0, 0.1) is 34.5 Å². The first-order valence-corrected chi connectivity index (χ1v) is 12.6. The van der Waals surface area contributed by atoms with Gasteiger partial charge in [-0.1, -0.05) is 6.92 Å². The number of aliphatic hydroxyl groups is 2. The maximum absolute atomic E-state index is 13.8. The second-order valence-electron chi connectivity index (χ2n) is 11.7. The highest BCUT2D eigenvalue weighted by molar-refractivity contribution is 5.90. The fourth-order valence-corrected chi connectivity index (χ4v) is 10.7. The molecule has 0 aromatic rings. The highest BCUT2D eigenvalue weighted by Gasteiger charge is 2.91. The van der Waals surface area contributed by atoms with Crippen LogP contribution in [0.3, 0.4) is 0 Å². The summed E-state index contributed by atoms with van der Waals surface area (Å²) in [6.45, 7) is 4.19. The first-order chi connectivity index (χ1) is 15.8. The van der Waals surface area contributed by atoms with E-state index in [9.17, 15) is 15.0 Å². The van der Waals surface area contributed by atoms with Crippen LogP contribution in [-0.4, -0.2) is 105 Å². The zero-order valence-corrected chi connectivity index (χ0v) is 20.5. The standard InChI is InChI=1S/C25H39NO7/c1-6-26-11-22(12-30-2)8-7-16(32-4)24-14-9-13-15(31-3)10-23(28,17(14)18(13)27)25(29,21(24)26)20(33-5)19(22)24/h13-17,19-21,28-29H,6-12H2,1-5H3/t13-,14?,15-,16+,17?,19?,20?,21+,22+,23-,24+,25-/m1/s1. The lowest BCUT2D eigenvalue weighted by molar-refractivity contribution is -0.301. The monoisotopic (exact) mass is 465 g/mol. The molecule has 1 heterocycles. The van der Waals surface area contributed by atoms with E-state index in [0.717, 1.165) is 25.9 Å². The van der Waals surface area contributed by atoms with E-state index in [2.05, 4.69) is 11.8 Å². The number of likely N-dealkylation sites (tertiary alicyclic amines) is 1. The molecule has 6 rings (SSSR count). The SMILES string of the molecule is CCN1C[C@]2(COC)CC[C@H](OC)[C@@]34C5C[C@H]6C(=O)C5[C@](O)(C[C@H]6OC)[C@@](O)(C(OC)C23)[C@@H]14. The Labute approximate surface area is 195 Å². The van der Waals surface area contributed by atoms with E-state index in [0.29, 0.717) is 13.0 Å². The van der Waals surface area contributed by atoms with Crippen LogP contribution in [0.5, 0.6) is 0 Å². The molecule has 1 aliphatic heterocycles. The van der Waals surface area contributed by atoms with Crippen molar-refractivity contribution in [3.05, 3.63) is 0 Å². The number of nitrogens with zero attached hydrogens (tertiary/aromatic N) is 1. The molecule has 6 fully saturated rings. The predicted octanol–water partition coefficient (Wildman–Crippen LogP) is 0.479. The number of ether oxygens (including phenoxy) is 4. The molecule has 12 atom stereocenters. The number of piperidine rings is 1. The average molecular weight is 466 g/mol. The highest BCUT2D eigenvalue weighted by atomic mass is 16.5. The van der Waals surface area contributed by atoms with Crippen molar-refractivity contribution in [3.8, 4) is 0 Å². The van der Waals surface area contributed by atoms with Gasteiger partial charge in [0, 0.05) is 64.1 Å². The summed E-state index contributed by atoms with van der Waals surface area (Å²) in [6, 6.07) is -0.353. The van der Waals surface area contributed by atoms with E-state index in [4.69, 9.17) is 18.9 Å². The Hall–Kier alpha value is -0.610. The minimum absolute atomic E-state index is 0.0498. The molecule has 186 valence electrons. The fraction of sp³-hybridized carbons (Fsp3) is 0.960. The lowest BCUT2D eigenvalue weighted by atomic mass is 9.42. The first kappa shape index (κ1) is 22.8. The second kappa shape index (κ2) is 6.99. The summed E-state index contributed by atoms with van der Waals surface area (Å²) in [5.41, 5.74) is -3.95. The van der Waals surface area contributed by atoms with E-state index in [1.165, 1.54) is 0 Å². The summed E-state index contributed by atoms with van der Waals surface area (Å²) < 4.78 is 24.1. The van der Waals surface area contributed by atoms with Gasteiger partial charge < -0.3 is 29.2 Å². The van der Waals surface area contributed by atoms with Crippen molar-refractivity contribution in [1.29, 1.82) is 0 Å². The Morgan fingerprint density at radius 2 is 1.88 bits per heavy atom. The number of likely N-dealkylation sites (N-methyl/N-ethyl adjacent to an activating group) is 1. The van der Waals surface area contributed by atoms with Crippen molar-refractivity contribution in [1.82, 2.24) is 4.90 Å². The minimum Gasteiger partial charge on any atom is -0.386 e. The van der Waals surface area contributed by atoms with Crippen molar-refractivity contribution in [2.75, 3.05) is 48.1 Å². The number of Topliss-reactive ketones (excluding diaryl/α,β-unsaturated/α-hetero) is 1. The van der Waals surface area contributed by atoms with Gasteiger partial charge in [-0.2, -0.15) is 0 Å². The highest BCUT2D eigenvalue weighted by Crippen LogP contribution is 2.79. The Balaban J connectivity index is 1.68. The van der Waals surface area contributed by atoms with Gasteiger partial charge in [0.15, 0.2) is 0 Å². The normalized spacial score (nSPS) is 58.7. The largest absolute Gasteiger partial charge is 0.386 e. The Morgan fingerprint density at radius 1 is 1.12 bits per heavy atom. The summed E-state index contributed by atoms with van der Waals surface area (Å²) in [7, 11) is 6.75. The van der Waals surface area contributed by atoms with Crippen LogP contribution in [0.1, 0.15) is 32.6 Å². The van der Waals surface area contributed by atoms with Crippen molar-refractivity contribution >= 4 is 5.78 Å². The van der Waals surface area contributed by atoms with E-state index in [1.807, 2.05) is 0 Å². The van der Waals surface area contributed by atoms with Crippen LogP contribution in [0.25, 0.3) is 0 Å². The fourth-order valence-electron chi connectivity index (χ4n) is 10.7. The molecule has 0 aromatic carbocycles. The summed E-state index contributed by atoms with van der Waals surface area (Å²) in [4.78, 5) is 16.1. The molecular formula is C25H39NO7. The molecule has 5 saturated carbocycles. The van der Waals surface area contributed by atoms with Gasteiger partial charge in [-0.3, -0.25) is 9.69 Å². The molecule has 2 N–H and O–H groups in total. The van der Waals surface area contributed by atoms with Gasteiger partial charge in [0.25, 0.3) is 0 Å². The van der Waals surface area contributed by atoms with E-state index >= 15 is 0 Å². The summed E-state index contributed by atoms with van der Waals surface area (Å²) >= 11 is 0. The third-order valence-corrected chi connectivity index (χ3v) is 11.2. The van der Waals surface area contributed by atoms with Gasteiger partial charge >= 0.3 is 0 Å². The van der Waals surface area contributed by atoms with Crippen molar-refractivity contribution in [3.63, 3.8) is 0 Å². The number of methoxy groups -OCH3 is 4. The Morgan fingerprint density at radius 3 is 2.48 bits per heavy atom. The Bertz CT molecular complexity index is 855. The number of carbonyl (C=O) groups is 1. The molecule has 4 unspecified atom stereocenters. The number of carbonyl (C=O) groups excluding carboxylic acids is 1. The van der Waals surface area contributed by atoms with E-state index in [1.54, 1.807) is 28.4 Å². The van der Waals surface area contributed by atoms with Gasteiger partial charge in [0.2, 0.25) is 0 Å². The summed E-state index contributed by atoms with van der Waals surface area (Å²) in [6.07, 6.45) is 1.53. The van der Waals surface area contributed by atoms with Crippen LogP contribution < -0.4 is 0 Å². The molecule has 8 heteroatoms. The van der Waals surface area contributed by atoms with Crippen LogP contribution in [0.4, 0.5) is 0 Å². The number of hydrogen-bond acceptors (Lipinski definition) is 8. The maximum atomic E-state index is 13.8. The molecule has 33 heavy (non-hydrogen) atoms. The van der Waals surface area contributed by atoms with E-state index < -0.39 is 34.7 Å². The van der Waals surface area contributed by atoms with Gasteiger partial charge in [0.05, 0.1) is 36.9 Å². The number of hydrogen-bond donors (Lipinski definition) is 2. The van der Waals surface area contributed by atoms with Crippen molar-refractivity contribution in [2.45, 2.75) is 68.2 Å². The van der Waals surface area contributed by atoms with Gasteiger partial charge in [0.1, 0.15) is 17.0 Å². The molecule has 1 saturated heterocycles. The lowest BCUT2D eigenvalue weighted by Gasteiger charge is -2.69. The molecule has 7 bridgehead atoms. The van der Waals surface area contributed by atoms with Crippen LogP contribution >= 0.6 is 0 Å². The van der Waals surface area contributed by atoms with Crippen molar-refractivity contribution < 1.29 is 34.0 Å². The summed E-state index contributed by atoms with van der Waals surface area (Å²) in [5, 5.41) is 25.4. The average Bonchev–Trinajstić information content (AvgIpc) is 3.16. The van der Waals surface area contributed by atoms with Gasteiger partial charge in [-0.05, 0) is 31.7 Å². The first-order valence-electron chi connectivity index (χ1n) is 12.6. The molecule has 8 nitrogen and oxygen atoms in total. The third kappa shape index (κ3) is 2.15. The van der Waals surface area contributed by atoms with E-state index in [-0.39, 0.29) is 47.5 Å². The van der Waals surface area contributed by atoms with Gasteiger partial charge in [-0.15, -0.1) is 0 Å². The smallest absolute Gasteiger partial charge is 0.144 e. The van der Waals surface area contributed by atoms with Crippen LogP contribution in [-0.2, 0) is 23.7 Å². The minimum atomic E-state index is -1.61. The zero-order chi connectivity index (χ0) is 23.6. The molecule has 0 radical (unpaired) electrons. The van der Waals surface area contributed by atoms with Crippen molar-refractivity contribution in [2.24, 2.45) is 34.5 Å². The second-order valence-corrected chi connectivity index (χ2v) is 11.7. The lowest BCUT2D eigenvalue weighted by Crippen LogP contribution is -2.81. The zero-order valence-electron chi connectivity index (χ0n) is 20.5. The number of rotatable bonds is 6. The molecular weight excluding hydrogens is 426 g/mol. The molecule has 1 spiro atoms. The Kier molecular flexibility index (Phi) is 4.84. The van der Waals surface area contributed by atoms with Gasteiger partial charge in [-0.25, -0.2) is 0 Å². The third-order valence-electron chi connectivity index (χ3n) is 11.2. The molecule has 5 aliphatic carbocycles. The topological polar surface area (TPSA) is 97.7 Å². The summed E-state index contributed by atoms with van der Waals surface area (Å²) in [5.74, 6) is -0.972. The quantitative estimate of drug-likeness (QED) is 0.585. The molecule has 6 aliphatic rings. The number of ketones is 1. The molecule has 0 amide bonds. The van der Waals surface area contributed by atoms with Crippen LogP contribution in [0.2, 0.25) is 0 Å². The molecule has 0 aromatic heterocycles. The number of fused-ring (bicyclic) bond motifs is 2. The predicted molar refractivity (Wildman–Crippen MR) is 118 cm³/mol.